The van der Waals surface area contributed by atoms with E-state index in [9.17, 15) is 19.6 Å². The van der Waals surface area contributed by atoms with Crippen molar-refractivity contribution in [2.75, 3.05) is 37.6 Å². The molecule has 4 aromatic rings. The number of fused-ring (bicyclic) bond motifs is 2. The number of carbonyl (C=O) groups excluding carboxylic acids is 3. The number of carbonyl (C=O) groups is 3. The molecule has 2 aromatic carbocycles. The lowest BCUT2D eigenvalue weighted by Gasteiger charge is -2.36. The Kier molecular flexibility index (Phi) is 7.41. The van der Waals surface area contributed by atoms with Crippen LogP contribution in [0.1, 0.15) is 77.8 Å². The summed E-state index contributed by atoms with van der Waals surface area (Å²) in [6.07, 6.45) is 10.5. The fraction of sp³-hybridized carbons (Fsp3) is 0.459. The second-order valence-electron chi connectivity index (χ2n) is 13.6. The Balaban J connectivity index is 0.856. The molecule has 2 amide bonds. The molecule has 1 saturated heterocycles. The Labute approximate surface area is 268 Å². The van der Waals surface area contributed by atoms with E-state index in [1.807, 2.05) is 29.0 Å². The number of benzene rings is 2. The quantitative estimate of drug-likeness (QED) is 0.159. The second-order valence-corrected chi connectivity index (χ2v) is 13.6. The molecule has 9 heteroatoms. The zero-order valence-corrected chi connectivity index (χ0v) is 26.1. The summed E-state index contributed by atoms with van der Waals surface area (Å²) < 4.78 is 7.76. The zero-order valence-electron chi connectivity index (χ0n) is 26.1. The lowest BCUT2D eigenvalue weighted by Crippen LogP contribution is -2.46. The summed E-state index contributed by atoms with van der Waals surface area (Å²) in [4.78, 5) is 45.3. The number of aromatic nitrogens is 1. The van der Waals surface area contributed by atoms with E-state index in [1.54, 1.807) is 12.1 Å². The normalized spacial score (nSPS) is 18.6. The van der Waals surface area contributed by atoms with Gasteiger partial charge >= 0.3 is 0 Å². The number of hydrogen-bond acceptors (Lipinski definition) is 7. The fourth-order valence-electron chi connectivity index (χ4n) is 6.91. The van der Waals surface area contributed by atoms with Crippen LogP contribution in [-0.2, 0) is 11.2 Å². The van der Waals surface area contributed by atoms with Gasteiger partial charge < -0.3 is 9.32 Å². The molecule has 9 nitrogen and oxygen atoms in total. The molecular weight excluding hydrogens is 578 g/mol. The number of aryl methyl sites for hydroxylation is 1. The van der Waals surface area contributed by atoms with Crippen LogP contribution < -0.4 is 4.90 Å². The summed E-state index contributed by atoms with van der Waals surface area (Å²) in [5.41, 5.74) is 4.49. The number of nitrogens with zero attached hydrogens (tertiary/aromatic N) is 5. The van der Waals surface area contributed by atoms with Gasteiger partial charge in [0, 0.05) is 66.7 Å². The highest BCUT2D eigenvalue weighted by molar-refractivity contribution is 6.06. The number of nitriles is 1. The molecule has 3 aliphatic carbocycles. The first-order valence-corrected chi connectivity index (χ1v) is 16.9. The van der Waals surface area contributed by atoms with Crippen LogP contribution in [-0.4, -0.2) is 70.9 Å². The van der Waals surface area contributed by atoms with Gasteiger partial charge in [0.05, 0.1) is 17.1 Å². The first kappa shape index (κ1) is 29.0. The molecule has 0 unspecified atom stereocenters. The molecule has 3 heterocycles. The Hall–Kier alpha value is -4.42. The minimum absolute atomic E-state index is 0.00887. The van der Waals surface area contributed by atoms with Crippen LogP contribution in [0.15, 0.2) is 53.1 Å². The number of hydrogen-bond donors (Lipinski definition) is 0. The maximum atomic E-state index is 13.3. The largest absolute Gasteiger partial charge is 0.451 e. The van der Waals surface area contributed by atoms with Gasteiger partial charge in [-0.3, -0.25) is 28.8 Å². The highest BCUT2D eigenvalue weighted by atomic mass is 16.3. The van der Waals surface area contributed by atoms with Gasteiger partial charge in [0.25, 0.3) is 5.91 Å². The SMILES string of the molecule is N#Cc1ccc2c(c1)c(CCCCN1CCN(c3ccc4oc(C(=O)N(C(=O)C5CC5)C5CC5)cc4c3)CC1)cn2C(=O)C1CC1. The van der Waals surface area contributed by atoms with Crippen molar-refractivity contribution in [3.05, 3.63) is 65.5 Å². The molecule has 0 atom stereocenters. The highest BCUT2D eigenvalue weighted by Gasteiger charge is 2.44. The van der Waals surface area contributed by atoms with E-state index in [4.69, 9.17) is 4.42 Å². The number of rotatable bonds is 10. The topological polar surface area (TPSA) is 103 Å². The van der Waals surface area contributed by atoms with Gasteiger partial charge in [-0.25, -0.2) is 0 Å². The van der Waals surface area contributed by atoms with E-state index in [1.165, 1.54) is 4.90 Å². The summed E-state index contributed by atoms with van der Waals surface area (Å²) in [6, 6.07) is 15.8. The Morgan fingerprint density at radius 3 is 2.39 bits per heavy atom. The molecule has 3 saturated carbocycles. The first-order chi connectivity index (χ1) is 22.5. The number of piperazine rings is 1. The number of imide groups is 1. The molecular formula is C37H39N5O4. The molecule has 0 bridgehead atoms. The van der Waals surface area contributed by atoms with Gasteiger partial charge in [-0.15, -0.1) is 0 Å². The predicted octanol–water partition coefficient (Wildman–Crippen LogP) is 6.00. The van der Waals surface area contributed by atoms with Crippen molar-refractivity contribution in [2.24, 2.45) is 11.8 Å². The third kappa shape index (κ3) is 5.71. The van der Waals surface area contributed by atoms with Crippen molar-refractivity contribution < 1.29 is 18.8 Å². The standard InChI is InChI=1S/C37H39N5O4/c38-22-24-4-12-32-31(19-24)27(23-41(32)35(43)25-5-6-25)3-1-2-14-39-15-17-40(18-16-39)30-11-13-33-28(20-30)21-34(46-33)37(45)42(29-9-10-29)36(44)26-7-8-26/h4,11-13,19-21,23,25-26,29H,1-3,5-10,14-18H2. The Morgan fingerprint density at radius 2 is 1.67 bits per heavy atom. The number of furan rings is 1. The fourth-order valence-corrected chi connectivity index (χ4v) is 6.91. The minimum Gasteiger partial charge on any atom is -0.451 e. The second kappa shape index (κ2) is 11.7. The zero-order chi connectivity index (χ0) is 31.4. The van der Waals surface area contributed by atoms with E-state index < -0.39 is 0 Å². The lowest BCUT2D eigenvalue weighted by atomic mass is 10.0. The van der Waals surface area contributed by atoms with Crippen LogP contribution in [0, 0.1) is 23.2 Å². The van der Waals surface area contributed by atoms with Gasteiger partial charge in [0.2, 0.25) is 11.8 Å². The Bertz CT molecular complexity index is 1880. The van der Waals surface area contributed by atoms with E-state index in [2.05, 4.69) is 28.0 Å². The van der Waals surface area contributed by atoms with Crippen LogP contribution in [0.5, 0.6) is 0 Å². The molecule has 4 fully saturated rings. The number of amides is 2. The van der Waals surface area contributed by atoms with E-state index in [0.717, 1.165) is 118 Å². The molecule has 2 aromatic heterocycles. The molecule has 46 heavy (non-hydrogen) atoms. The van der Waals surface area contributed by atoms with Gasteiger partial charge in [0.15, 0.2) is 5.76 Å². The average Bonchev–Trinajstić information content (AvgIpc) is 3.95. The van der Waals surface area contributed by atoms with Crippen molar-refractivity contribution >= 4 is 45.3 Å². The van der Waals surface area contributed by atoms with Crippen molar-refractivity contribution in [2.45, 2.75) is 63.8 Å². The van der Waals surface area contributed by atoms with Gasteiger partial charge in [0.1, 0.15) is 5.58 Å². The predicted molar refractivity (Wildman–Crippen MR) is 175 cm³/mol. The van der Waals surface area contributed by atoms with Crippen LogP contribution in [0.3, 0.4) is 0 Å². The van der Waals surface area contributed by atoms with Gasteiger partial charge in [-0.2, -0.15) is 5.26 Å². The van der Waals surface area contributed by atoms with Crippen LogP contribution in [0.2, 0.25) is 0 Å². The Morgan fingerprint density at radius 1 is 0.891 bits per heavy atom. The molecule has 236 valence electrons. The molecule has 0 spiro atoms. The minimum atomic E-state index is -0.296. The van der Waals surface area contributed by atoms with Crippen molar-refractivity contribution in [3.63, 3.8) is 0 Å². The molecule has 0 N–H and O–H groups in total. The maximum Gasteiger partial charge on any atom is 0.296 e. The van der Waals surface area contributed by atoms with Crippen molar-refractivity contribution in [3.8, 4) is 6.07 Å². The summed E-state index contributed by atoms with van der Waals surface area (Å²) in [6.45, 7) is 4.84. The molecule has 0 radical (unpaired) electrons. The van der Waals surface area contributed by atoms with Crippen molar-refractivity contribution in [1.29, 1.82) is 5.26 Å². The van der Waals surface area contributed by atoms with Crippen LogP contribution in [0.25, 0.3) is 21.9 Å². The maximum absolute atomic E-state index is 13.3. The lowest BCUT2D eigenvalue weighted by molar-refractivity contribution is -0.130. The van der Waals surface area contributed by atoms with Gasteiger partial charge in [-0.1, -0.05) is 0 Å². The van der Waals surface area contributed by atoms with Crippen LogP contribution in [0.4, 0.5) is 5.69 Å². The summed E-state index contributed by atoms with van der Waals surface area (Å²) in [5, 5.41) is 11.3. The first-order valence-electron chi connectivity index (χ1n) is 16.9. The van der Waals surface area contributed by atoms with Crippen molar-refractivity contribution in [1.82, 2.24) is 14.4 Å². The molecule has 8 rings (SSSR count). The van der Waals surface area contributed by atoms with E-state index in [0.29, 0.717) is 11.1 Å². The summed E-state index contributed by atoms with van der Waals surface area (Å²) >= 11 is 0. The third-order valence-electron chi connectivity index (χ3n) is 10.1. The van der Waals surface area contributed by atoms with E-state index >= 15 is 0 Å². The third-order valence-corrected chi connectivity index (χ3v) is 10.1. The highest BCUT2D eigenvalue weighted by Crippen LogP contribution is 2.38. The average molecular weight is 618 g/mol. The summed E-state index contributed by atoms with van der Waals surface area (Å²) in [7, 11) is 0. The number of unbranched alkanes of at least 4 members (excludes halogenated alkanes) is 1. The van der Waals surface area contributed by atoms with E-state index in [-0.39, 0.29) is 41.4 Å². The molecule has 1 aliphatic heterocycles. The smallest absolute Gasteiger partial charge is 0.296 e. The summed E-state index contributed by atoms with van der Waals surface area (Å²) in [5.74, 6) is 0.258. The monoisotopic (exact) mass is 617 g/mol. The number of anilines is 1. The molecule has 4 aliphatic rings. The van der Waals surface area contributed by atoms with Gasteiger partial charge in [-0.05, 0) is 112 Å². The van der Waals surface area contributed by atoms with Crippen LogP contribution >= 0.6 is 0 Å².